The van der Waals surface area contributed by atoms with E-state index in [1.54, 1.807) is 0 Å². The summed E-state index contributed by atoms with van der Waals surface area (Å²) in [7, 11) is 0. The lowest BCUT2D eigenvalue weighted by Gasteiger charge is -2.19. The quantitative estimate of drug-likeness (QED) is 0.483. The van der Waals surface area contributed by atoms with Gasteiger partial charge >= 0.3 is 0 Å². The second-order valence-corrected chi connectivity index (χ2v) is 3.44. The highest BCUT2D eigenvalue weighted by molar-refractivity contribution is 4.89. The molecule has 0 bridgehead atoms. The smallest absolute Gasteiger partial charge is 0.147 e. The van der Waals surface area contributed by atoms with Gasteiger partial charge < -0.3 is 9.47 Å². The summed E-state index contributed by atoms with van der Waals surface area (Å²) in [5, 5.41) is 0. The summed E-state index contributed by atoms with van der Waals surface area (Å²) in [6.07, 6.45) is 10.8. The molecule has 0 radical (unpaired) electrons. The van der Waals surface area contributed by atoms with E-state index in [1.165, 1.54) is 25.7 Å². The Kier molecular flexibility index (Phi) is 5.87. The number of unbranched alkanes of at least 4 members (excludes halogenated alkanes) is 3. The van der Waals surface area contributed by atoms with Crippen molar-refractivity contribution in [2.24, 2.45) is 0 Å². The van der Waals surface area contributed by atoms with Crippen molar-refractivity contribution in [1.82, 2.24) is 0 Å². The topological polar surface area (TPSA) is 18.5 Å². The molecule has 2 heteroatoms. The fourth-order valence-electron chi connectivity index (χ4n) is 1.39. The summed E-state index contributed by atoms with van der Waals surface area (Å²) in [6, 6.07) is 0. The lowest BCUT2D eigenvalue weighted by atomic mass is 10.1. The van der Waals surface area contributed by atoms with Crippen LogP contribution in [0.2, 0.25) is 0 Å². The number of hydrogen-bond acceptors (Lipinski definition) is 2. The van der Waals surface area contributed by atoms with Gasteiger partial charge in [-0.25, -0.2) is 0 Å². The van der Waals surface area contributed by atoms with Gasteiger partial charge in [0.15, 0.2) is 0 Å². The molecule has 1 saturated heterocycles. The van der Waals surface area contributed by atoms with Gasteiger partial charge in [-0.1, -0.05) is 31.9 Å². The summed E-state index contributed by atoms with van der Waals surface area (Å²) >= 11 is 0. The number of hydrogen-bond donors (Lipinski definition) is 0. The van der Waals surface area contributed by atoms with E-state index in [1.807, 2.05) is 0 Å². The maximum Gasteiger partial charge on any atom is 0.147 e. The normalized spacial score (nSPS) is 23.9. The maximum atomic E-state index is 5.38. The van der Waals surface area contributed by atoms with Crippen LogP contribution in [0.25, 0.3) is 0 Å². The summed E-state index contributed by atoms with van der Waals surface area (Å²) in [5.41, 5.74) is 0. The molecular weight excluding hydrogens is 164 g/mol. The largest absolute Gasteiger partial charge is 0.355 e. The van der Waals surface area contributed by atoms with Crippen LogP contribution in [0.15, 0.2) is 12.2 Å². The Morgan fingerprint density at radius 2 is 2.31 bits per heavy atom. The second-order valence-electron chi connectivity index (χ2n) is 3.44. The molecule has 0 spiro atoms. The molecule has 0 amide bonds. The molecule has 1 fully saturated rings. The average Bonchev–Trinajstić information content (AvgIpc) is 2.19. The van der Waals surface area contributed by atoms with E-state index in [0.717, 1.165) is 13.0 Å². The van der Waals surface area contributed by atoms with Crippen molar-refractivity contribution in [3.05, 3.63) is 12.2 Å². The van der Waals surface area contributed by atoms with Crippen LogP contribution in [0, 0.1) is 0 Å². The summed E-state index contributed by atoms with van der Waals surface area (Å²) in [4.78, 5) is 0. The van der Waals surface area contributed by atoms with Gasteiger partial charge in [0.25, 0.3) is 0 Å². The molecular formula is C11H20O2. The van der Waals surface area contributed by atoms with E-state index in [4.69, 9.17) is 9.47 Å². The third-order valence-corrected chi connectivity index (χ3v) is 2.24. The van der Waals surface area contributed by atoms with Gasteiger partial charge in [-0.3, -0.25) is 0 Å². The zero-order chi connectivity index (χ0) is 9.36. The molecule has 1 aliphatic rings. The van der Waals surface area contributed by atoms with Crippen molar-refractivity contribution in [1.29, 1.82) is 0 Å². The predicted molar refractivity (Wildman–Crippen MR) is 53.6 cm³/mol. The average molecular weight is 184 g/mol. The highest BCUT2D eigenvalue weighted by atomic mass is 16.7. The Balaban J connectivity index is 2.01. The van der Waals surface area contributed by atoms with Crippen molar-refractivity contribution < 1.29 is 9.47 Å². The standard InChI is InChI=1S/C11H20O2/c1-2-3-4-5-6-7-11-8-9-12-10-13-11/h6-7,11H,2-5,8-10H2,1H3/b7-6+. The minimum absolute atomic E-state index is 0.301. The van der Waals surface area contributed by atoms with Crippen molar-refractivity contribution >= 4 is 0 Å². The van der Waals surface area contributed by atoms with Crippen LogP contribution in [0.4, 0.5) is 0 Å². The molecule has 0 saturated carbocycles. The predicted octanol–water partition coefficient (Wildman–Crippen LogP) is 2.89. The minimum Gasteiger partial charge on any atom is -0.355 e. The summed E-state index contributed by atoms with van der Waals surface area (Å²) in [5.74, 6) is 0. The van der Waals surface area contributed by atoms with Crippen LogP contribution in [0.3, 0.4) is 0 Å². The van der Waals surface area contributed by atoms with Gasteiger partial charge in [0, 0.05) is 6.42 Å². The fraction of sp³-hybridized carbons (Fsp3) is 0.818. The molecule has 1 heterocycles. The number of ether oxygens (including phenoxy) is 2. The Labute approximate surface area is 80.9 Å². The zero-order valence-corrected chi connectivity index (χ0v) is 8.50. The zero-order valence-electron chi connectivity index (χ0n) is 8.50. The van der Waals surface area contributed by atoms with Crippen molar-refractivity contribution in [3.63, 3.8) is 0 Å². The lowest BCUT2D eigenvalue weighted by Crippen LogP contribution is -2.21. The van der Waals surface area contributed by atoms with E-state index in [9.17, 15) is 0 Å². The summed E-state index contributed by atoms with van der Waals surface area (Å²) in [6.45, 7) is 3.53. The first kappa shape index (κ1) is 10.7. The Morgan fingerprint density at radius 1 is 1.38 bits per heavy atom. The van der Waals surface area contributed by atoms with Crippen molar-refractivity contribution in [2.75, 3.05) is 13.4 Å². The second kappa shape index (κ2) is 7.10. The third-order valence-electron chi connectivity index (χ3n) is 2.24. The Bertz CT molecular complexity index is 137. The van der Waals surface area contributed by atoms with Gasteiger partial charge in [0.2, 0.25) is 0 Å². The SMILES string of the molecule is CCCCC/C=C/C1CCOCO1. The van der Waals surface area contributed by atoms with Crippen LogP contribution in [-0.4, -0.2) is 19.5 Å². The molecule has 1 atom stereocenters. The van der Waals surface area contributed by atoms with E-state index in [2.05, 4.69) is 19.1 Å². The molecule has 0 aromatic rings. The van der Waals surface area contributed by atoms with Gasteiger partial charge in [-0.15, -0.1) is 0 Å². The molecule has 0 N–H and O–H groups in total. The van der Waals surface area contributed by atoms with Gasteiger partial charge in [-0.2, -0.15) is 0 Å². The van der Waals surface area contributed by atoms with Crippen LogP contribution < -0.4 is 0 Å². The van der Waals surface area contributed by atoms with E-state index in [0.29, 0.717) is 12.9 Å². The molecule has 76 valence electrons. The lowest BCUT2D eigenvalue weighted by molar-refractivity contribution is -0.123. The highest BCUT2D eigenvalue weighted by Crippen LogP contribution is 2.08. The monoisotopic (exact) mass is 184 g/mol. The molecule has 0 aromatic heterocycles. The maximum absolute atomic E-state index is 5.38. The van der Waals surface area contributed by atoms with Crippen molar-refractivity contribution in [2.45, 2.75) is 45.1 Å². The van der Waals surface area contributed by atoms with Gasteiger partial charge in [0.1, 0.15) is 6.79 Å². The molecule has 2 nitrogen and oxygen atoms in total. The molecule has 1 rings (SSSR count). The molecule has 13 heavy (non-hydrogen) atoms. The molecule has 1 unspecified atom stereocenters. The number of rotatable bonds is 5. The van der Waals surface area contributed by atoms with Crippen LogP contribution in [0.1, 0.15) is 39.0 Å². The first-order valence-electron chi connectivity index (χ1n) is 5.29. The van der Waals surface area contributed by atoms with E-state index in [-0.39, 0.29) is 0 Å². The van der Waals surface area contributed by atoms with Gasteiger partial charge in [-0.05, 0) is 12.8 Å². The van der Waals surface area contributed by atoms with E-state index >= 15 is 0 Å². The van der Waals surface area contributed by atoms with Crippen LogP contribution in [-0.2, 0) is 9.47 Å². The van der Waals surface area contributed by atoms with Crippen molar-refractivity contribution in [3.8, 4) is 0 Å². The Hall–Kier alpha value is -0.340. The first-order chi connectivity index (χ1) is 6.43. The Morgan fingerprint density at radius 3 is 3.00 bits per heavy atom. The highest BCUT2D eigenvalue weighted by Gasteiger charge is 2.09. The molecule has 1 aliphatic heterocycles. The van der Waals surface area contributed by atoms with Crippen LogP contribution in [0.5, 0.6) is 0 Å². The minimum atomic E-state index is 0.301. The summed E-state index contributed by atoms with van der Waals surface area (Å²) < 4.78 is 10.5. The third kappa shape index (κ3) is 5.06. The fourth-order valence-corrected chi connectivity index (χ4v) is 1.39. The van der Waals surface area contributed by atoms with Crippen LogP contribution >= 0.6 is 0 Å². The van der Waals surface area contributed by atoms with E-state index < -0.39 is 0 Å². The first-order valence-corrected chi connectivity index (χ1v) is 5.29. The van der Waals surface area contributed by atoms with Gasteiger partial charge in [0.05, 0.1) is 12.7 Å². The molecule has 0 aliphatic carbocycles. The molecule has 0 aromatic carbocycles. The number of allylic oxidation sites excluding steroid dienone is 1.